The molecule has 2 atom stereocenters. The Morgan fingerprint density at radius 3 is 1.18 bits per heavy atom. The molecule has 6 heterocycles. The van der Waals surface area contributed by atoms with E-state index in [0.717, 1.165) is 85.4 Å². The molecule has 406 valence electrons. The van der Waals surface area contributed by atoms with Gasteiger partial charge < -0.3 is 9.80 Å². The predicted octanol–water partition coefficient (Wildman–Crippen LogP) is 21.4. The van der Waals surface area contributed by atoms with E-state index in [-0.39, 0.29) is 11.8 Å². The predicted molar refractivity (Wildman–Crippen MR) is 341 cm³/mol. The van der Waals surface area contributed by atoms with Gasteiger partial charge in [-0.1, -0.05) is 191 Å². The fraction of sp³-hybridized carbons (Fsp3) is 0.400. The maximum absolute atomic E-state index is 15.8. The highest BCUT2D eigenvalue weighted by Crippen LogP contribution is 2.52. The topological polar surface area (TPSA) is 40.6 Å². The molecule has 0 radical (unpaired) electrons. The van der Waals surface area contributed by atoms with Crippen LogP contribution in [0.4, 0.5) is 0 Å². The normalized spacial score (nSPS) is 14.6. The first-order valence-electron chi connectivity index (χ1n) is 29.8. The van der Waals surface area contributed by atoms with Crippen LogP contribution in [0.3, 0.4) is 0 Å². The zero-order chi connectivity index (χ0) is 54.1. The van der Waals surface area contributed by atoms with E-state index in [9.17, 15) is 0 Å². The maximum Gasteiger partial charge on any atom is 0.261 e. The van der Waals surface area contributed by atoms with Crippen molar-refractivity contribution in [2.24, 2.45) is 11.8 Å². The molecule has 2 amide bonds. The molecule has 0 aliphatic carbocycles. The van der Waals surface area contributed by atoms with Crippen LogP contribution in [0.1, 0.15) is 165 Å². The SMILES string of the molecule is CCCCCCc1cc(-c2ccc(C3=C4C(=O)N(CC(CC)CCCC)C(c5ccc(-c6cc(CCCCCC)c(-c7ccc8ccccc8c7)s6)s5)=C4C(=O)N3CC(CC)CCCC)s2)sc1-c1ccc2ccccc2c1. The molecule has 78 heavy (non-hydrogen) atoms. The van der Waals surface area contributed by atoms with Crippen molar-refractivity contribution in [3.8, 4) is 40.4 Å². The van der Waals surface area contributed by atoms with Crippen molar-refractivity contribution >= 4 is 90.1 Å². The molecule has 4 aromatic heterocycles. The lowest BCUT2D eigenvalue weighted by Gasteiger charge is -2.29. The highest BCUT2D eigenvalue weighted by molar-refractivity contribution is 7.25. The van der Waals surface area contributed by atoms with E-state index in [1.807, 2.05) is 22.7 Å². The molecule has 10 rings (SSSR count). The standard InChI is InChI=1S/C70H80N2O2S4/c1-7-13-17-19-31-53-43-61(77-67(53)55-35-33-49-27-21-23-29-51(49)41-55)57-37-39-59(75-57)65-63-64(70(74)71(65)45-47(11-5)25-15-9-3)66(72(69(63)73)46-48(12-6)26-16-10-4)60-40-38-58(76-60)62-44-54(32-20-18-14-8-2)68(78-62)56-36-34-50-28-22-24-30-52(50)42-56/h21-24,27-30,33-44,47-48H,7-20,25-26,31-32,45-46H2,1-6H3. The van der Waals surface area contributed by atoms with Gasteiger partial charge in [0.1, 0.15) is 0 Å². The van der Waals surface area contributed by atoms with Gasteiger partial charge in [-0.05, 0) is 143 Å². The molecule has 0 spiro atoms. The second kappa shape index (κ2) is 26.3. The Kier molecular flexibility index (Phi) is 18.8. The number of nitrogens with zero attached hydrogens (tertiary/aromatic N) is 2. The Labute approximate surface area is 482 Å². The van der Waals surface area contributed by atoms with Crippen LogP contribution in [0.25, 0.3) is 73.3 Å². The number of carbonyl (C=O) groups is 2. The zero-order valence-electron chi connectivity index (χ0n) is 47.2. The third-order valence-electron chi connectivity index (χ3n) is 16.6. The highest BCUT2D eigenvalue weighted by Gasteiger charge is 2.50. The summed E-state index contributed by atoms with van der Waals surface area (Å²) in [4.78, 5) is 45.3. The first-order chi connectivity index (χ1) is 38.2. The fourth-order valence-electron chi connectivity index (χ4n) is 11.9. The van der Waals surface area contributed by atoms with Crippen molar-refractivity contribution in [2.75, 3.05) is 13.1 Å². The minimum Gasteiger partial charge on any atom is -0.306 e. The number of thiophene rings is 4. The van der Waals surface area contributed by atoms with E-state index in [4.69, 9.17) is 0 Å². The number of fused-ring (bicyclic) bond motifs is 3. The van der Waals surface area contributed by atoms with Gasteiger partial charge in [0.25, 0.3) is 11.8 Å². The third-order valence-corrected chi connectivity index (χ3v) is 21.6. The van der Waals surface area contributed by atoms with Crippen LogP contribution >= 0.6 is 45.3 Å². The molecule has 4 nitrogen and oxygen atoms in total. The van der Waals surface area contributed by atoms with Crippen LogP contribution in [0.2, 0.25) is 0 Å². The number of hydrogen-bond donors (Lipinski definition) is 0. The van der Waals surface area contributed by atoms with E-state index in [1.54, 1.807) is 22.7 Å². The van der Waals surface area contributed by atoms with Gasteiger partial charge in [-0.3, -0.25) is 9.59 Å². The molecule has 4 aromatic carbocycles. The summed E-state index contributed by atoms with van der Waals surface area (Å²) in [5.41, 5.74) is 8.23. The molecule has 0 bridgehead atoms. The quantitative estimate of drug-likeness (QED) is 0.0459. The molecule has 2 aliphatic rings. The monoisotopic (exact) mass is 1110 g/mol. The minimum absolute atomic E-state index is 0.0135. The first-order valence-corrected chi connectivity index (χ1v) is 33.1. The molecular weight excluding hydrogens is 1030 g/mol. The second-order valence-electron chi connectivity index (χ2n) is 22.1. The summed E-state index contributed by atoms with van der Waals surface area (Å²) in [5, 5.41) is 5.04. The molecule has 0 saturated heterocycles. The summed E-state index contributed by atoms with van der Waals surface area (Å²) in [6, 6.07) is 45.0. The summed E-state index contributed by atoms with van der Waals surface area (Å²) >= 11 is 7.29. The average Bonchev–Trinajstić information content (AvgIpc) is 4.44. The molecule has 0 fully saturated rings. The Bertz CT molecular complexity index is 3200. The number of carbonyl (C=O) groups excluding carboxylic acids is 2. The van der Waals surface area contributed by atoms with Gasteiger partial charge in [0, 0.05) is 42.4 Å². The van der Waals surface area contributed by atoms with E-state index in [2.05, 4.69) is 173 Å². The molecular formula is C70H80N2O2S4. The fourth-order valence-corrected chi connectivity index (χ4v) is 16.6. The largest absolute Gasteiger partial charge is 0.306 e. The number of benzene rings is 4. The van der Waals surface area contributed by atoms with Crippen molar-refractivity contribution in [3.63, 3.8) is 0 Å². The van der Waals surface area contributed by atoms with Crippen molar-refractivity contribution in [2.45, 2.75) is 157 Å². The summed E-state index contributed by atoms with van der Waals surface area (Å²) in [6.07, 6.45) is 20.4. The Morgan fingerprint density at radius 2 is 0.782 bits per heavy atom. The molecule has 2 aliphatic heterocycles. The Morgan fingerprint density at radius 1 is 0.385 bits per heavy atom. The van der Waals surface area contributed by atoms with E-state index >= 15 is 9.59 Å². The summed E-state index contributed by atoms with van der Waals surface area (Å²) in [6.45, 7) is 14.8. The molecule has 0 N–H and O–H groups in total. The van der Waals surface area contributed by atoms with E-state index in [0.29, 0.717) is 36.1 Å². The van der Waals surface area contributed by atoms with E-state index < -0.39 is 0 Å². The van der Waals surface area contributed by atoms with E-state index in [1.165, 1.54) is 124 Å². The number of unbranched alkanes of at least 4 members (excludes halogenated alkanes) is 8. The van der Waals surface area contributed by atoms with Gasteiger partial charge in [0.2, 0.25) is 0 Å². The number of rotatable bonds is 28. The van der Waals surface area contributed by atoms with Gasteiger partial charge in [-0.15, -0.1) is 45.3 Å². The average molecular weight is 1110 g/mol. The van der Waals surface area contributed by atoms with Crippen molar-refractivity contribution < 1.29 is 9.59 Å². The number of hydrogen-bond acceptors (Lipinski definition) is 6. The van der Waals surface area contributed by atoms with Crippen LogP contribution in [0.5, 0.6) is 0 Å². The van der Waals surface area contributed by atoms with Crippen molar-refractivity contribution in [1.82, 2.24) is 9.80 Å². The lowest BCUT2D eigenvalue weighted by molar-refractivity contribution is -0.124. The van der Waals surface area contributed by atoms with Gasteiger partial charge >= 0.3 is 0 Å². The van der Waals surface area contributed by atoms with Gasteiger partial charge in [-0.2, -0.15) is 0 Å². The molecule has 8 heteroatoms. The molecule has 0 saturated carbocycles. The summed E-state index contributed by atoms with van der Waals surface area (Å²) in [7, 11) is 0. The van der Waals surface area contributed by atoms with Crippen LogP contribution in [0, 0.1) is 11.8 Å². The minimum atomic E-state index is -0.0135. The third kappa shape index (κ3) is 12.0. The Balaban J connectivity index is 1.08. The van der Waals surface area contributed by atoms with Crippen LogP contribution in [-0.2, 0) is 22.4 Å². The van der Waals surface area contributed by atoms with Crippen LogP contribution in [0.15, 0.2) is 132 Å². The lowest BCUT2D eigenvalue weighted by Crippen LogP contribution is -2.34. The number of amides is 2. The van der Waals surface area contributed by atoms with Gasteiger partial charge in [0.05, 0.1) is 32.3 Å². The Hall–Kier alpha value is -5.38. The first kappa shape index (κ1) is 55.9. The van der Waals surface area contributed by atoms with Crippen molar-refractivity contribution in [3.05, 3.63) is 153 Å². The summed E-state index contributed by atoms with van der Waals surface area (Å²) in [5.74, 6) is 0.628. The van der Waals surface area contributed by atoms with Gasteiger partial charge in [-0.25, -0.2) is 0 Å². The maximum atomic E-state index is 15.8. The second-order valence-corrected chi connectivity index (χ2v) is 26.4. The molecule has 2 unspecified atom stereocenters. The zero-order valence-corrected chi connectivity index (χ0v) is 50.5. The smallest absolute Gasteiger partial charge is 0.261 e. The van der Waals surface area contributed by atoms with Crippen molar-refractivity contribution in [1.29, 1.82) is 0 Å². The number of aryl methyl sites for hydroxylation is 2. The lowest BCUT2D eigenvalue weighted by atomic mass is 9.98. The van der Waals surface area contributed by atoms with Crippen LogP contribution < -0.4 is 0 Å². The van der Waals surface area contributed by atoms with Crippen LogP contribution in [-0.4, -0.2) is 34.7 Å². The van der Waals surface area contributed by atoms with Gasteiger partial charge in [0.15, 0.2) is 0 Å². The highest BCUT2D eigenvalue weighted by atomic mass is 32.1. The summed E-state index contributed by atoms with van der Waals surface area (Å²) < 4.78 is 0. The molecule has 8 aromatic rings.